The second-order valence-corrected chi connectivity index (χ2v) is 11.3. The van der Waals surface area contributed by atoms with E-state index in [2.05, 4.69) is 4.72 Å². The van der Waals surface area contributed by atoms with Crippen molar-refractivity contribution in [3.63, 3.8) is 0 Å². The Morgan fingerprint density at radius 1 is 0.933 bits per heavy atom. The first-order valence-corrected chi connectivity index (χ1v) is 12.7. The van der Waals surface area contributed by atoms with Crippen LogP contribution in [0.15, 0.2) is 75.1 Å². The lowest BCUT2D eigenvalue weighted by Gasteiger charge is -2.19. The van der Waals surface area contributed by atoms with Crippen molar-refractivity contribution < 1.29 is 26.3 Å². The number of hydrogen-bond donors (Lipinski definition) is 1. The van der Waals surface area contributed by atoms with Gasteiger partial charge < -0.3 is 9.47 Å². The van der Waals surface area contributed by atoms with Crippen molar-refractivity contribution in [2.75, 3.05) is 20.8 Å². The van der Waals surface area contributed by atoms with Gasteiger partial charge in [0.1, 0.15) is 25.9 Å². The first-order valence-electron chi connectivity index (χ1n) is 8.83. The highest BCUT2D eigenvalue weighted by Gasteiger charge is 2.32. The van der Waals surface area contributed by atoms with Crippen LogP contribution < -0.4 is 14.2 Å². The Morgan fingerprint density at radius 3 is 2.27 bits per heavy atom. The van der Waals surface area contributed by atoms with Gasteiger partial charge in [-0.15, -0.1) is 11.3 Å². The highest BCUT2D eigenvalue weighted by Crippen LogP contribution is 2.32. The molecule has 0 aliphatic carbocycles. The van der Waals surface area contributed by atoms with Gasteiger partial charge in [0.25, 0.3) is 0 Å². The maximum atomic E-state index is 13.2. The molecule has 30 heavy (non-hydrogen) atoms. The van der Waals surface area contributed by atoms with Gasteiger partial charge >= 0.3 is 0 Å². The minimum absolute atomic E-state index is 0.126. The summed E-state index contributed by atoms with van der Waals surface area (Å²) in [6.45, 7) is -0.340. The molecule has 0 aliphatic rings. The fourth-order valence-corrected chi connectivity index (χ4v) is 7.10. The van der Waals surface area contributed by atoms with Crippen LogP contribution in [-0.2, 0) is 19.9 Å². The van der Waals surface area contributed by atoms with Crippen molar-refractivity contribution in [3.8, 4) is 11.5 Å². The monoisotopic (exact) mass is 467 g/mol. The molecule has 10 heteroatoms. The molecule has 0 amide bonds. The Kier molecular flexibility index (Phi) is 6.81. The molecule has 3 aromatic rings. The number of sulfone groups is 1. The van der Waals surface area contributed by atoms with Crippen molar-refractivity contribution in [3.05, 3.63) is 71.6 Å². The van der Waals surface area contributed by atoms with Gasteiger partial charge in [0, 0.05) is 12.6 Å². The number of methoxy groups -OCH3 is 2. The average molecular weight is 468 g/mol. The zero-order valence-electron chi connectivity index (χ0n) is 16.3. The summed E-state index contributed by atoms with van der Waals surface area (Å²) in [4.78, 5) is -0.135. The minimum atomic E-state index is -4.08. The van der Waals surface area contributed by atoms with Crippen LogP contribution in [0.4, 0.5) is 0 Å². The molecule has 160 valence electrons. The number of ether oxygens (including phenoxy) is 2. The predicted molar refractivity (Wildman–Crippen MR) is 115 cm³/mol. The molecule has 0 spiro atoms. The minimum Gasteiger partial charge on any atom is -0.497 e. The van der Waals surface area contributed by atoms with E-state index >= 15 is 0 Å². The Hall–Kier alpha value is -2.40. The van der Waals surface area contributed by atoms with Crippen molar-refractivity contribution in [1.29, 1.82) is 0 Å². The molecule has 1 N–H and O–H groups in total. The first-order chi connectivity index (χ1) is 14.3. The SMILES string of the molecule is COc1ccc(OC)c(S(=O)(=O)NCC(c2ccccc2)S(=O)(=O)c2cccs2)c1. The van der Waals surface area contributed by atoms with E-state index < -0.39 is 25.1 Å². The summed E-state index contributed by atoms with van der Waals surface area (Å²) in [7, 11) is -5.11. The Labute approximate surface area is 180 Å². The fraction of sp³-hybridized carbons (Fsp3) is 0.200. The second-order valence-electron chi connectivity index (χ2n) is 6.25. The molecule has 1 heterocycles. The molecule has 3 rings (SSSR count). The van der Waals surface area contributed by atoms with Gasteiger partial charge in [-0.05, 0) is 29.1 Å². The van der Waals surface area contributed by atoms with Crippen LogP contribution in [0.2, 0.25) is 0 Å². The number of nitrogens with one attached hydrogen (secondary N) is 1. The first kappa shape index (κ1) is 22.3. The van der Waals surface area contributed by atoms with Gasteiger partial charge in [0.15, 0.2) is 9.84 Å². The van der Waals surface area contributed by atoms with Crippen molar-refractivity contribution in [1.82, 2.24) is 4.72 Å². The molecule has 1 unspecified atom stereocenters. The maximum absolute atomic E-state index is 13.2. The molecule has 1 atom stereocenters. The van der Waals surface area contributed by atoms with E-state index in [0.717, 1.165) is 11.3 Å². The highest BCUT2D eigenvalue weighted by atomic mass is 32.2. The van der Waals surface area contributed by atoms with Gasteiger partial charge in [-0.2, -0.15) is 0 Å². The van der Waals surface area contributed by atoms with Crippen LogP contribution in [-0.4, -0.2) is 37.6 Å². The van der Waals surface area contributed by atoms with Crippen LogP contribution in [0.1, 0.15) is 10.8 Å². The Bertz CT molecular complexity index is 1190. The van der Waals surface area contributed by atoms with Crippen LogP contribution in [0, 0.1) is 0 Å². The summed E-state index contributed by atoms with van der Waals surface area (Å²) in [5, 5.41) is 0.573. The largest absolute Gasteiger partial charge is 0.497 e. The van der Waals surface area contributed by atoms with Gasteiger partial charge in [0.2, 0.25) is 10.0 Å². The van der Waals surface area contributed by atoms with Crippen LogP contribution in [0.5, 0.6) is 11.5 Å². The molecule has 0 aliphatic heterocycles. The number of rotatable bonds is 9. The van der Waals surface area contributed by atoms with Gasteiger partial charge in [-0.1, -0.05) is 36.4 Å². The van der Waals surface area contributed by atoms with E-state index in [4.69, 9.17) is 9.47 Å². The summed E-state index contributed by atoms with van der Waals surface area (Å²) >= 11 is 1.09. The lowest BCUT2D eigenvalue weighted by Crippen LogP contribution is -2.32. The normalized spacial score (nSPS) is 13.0. The predicted octanol–water partition coefficient (Wildman–Crippen LogP) is 3.26. The highest BCUT2D eigenvalue weighted by molar-refractivity contribution is 7.93. The summed E-state index contributed by atoms with van der Waals surface area (Å²) in [6, 6.07) is 16.1. The van der Waals surface area contributed by atoms with E-state index in [0.29, 0.717) is 11.3 Å². The maximum Gasteiger partial charge on any atom is 0.244 e. The van der Waals surface area contributed by atoms with E-state index in [9.17, 15) is 16.8 Å². The molecular formula is C20H21NO6S3. The Balaban J connectivity index is 1.97. The summed E-state index contributed by atoms with van der Waals surface area (Å²) in [5.41, 5.74) is 0.492. The Morgan fingerprint density at radius 2 is 1.67 bits per heavy atom. The zero-order chi connectivity index (χ0) is 21.8. The van der Waals surface area contributed by atoms with Gasteiger partial charge in [0.05, 0.1) is 14.2 Å². The van der Waals surface area contributed by atoms with E-state index in [-0.39, 0.29) is 21.4 Å². The average Bonchev–Trinajstić information content (AvgIpc) is 3.30. The van der Waals surface area contributed by atoms with Crippen molar-refractivity contribution in [2.45, 2.75) is 14.4 Å². The quantitative estimate of drug-likeness (QED) is 0.519. The molecule has 0 saturated carbocycles. The molecular weight excluding hydrogens is 446 g/mol. The summed E-state index contributed by atoms with van der Waals surface area (Å²) in [5.74, 6) is 0.461. The van der Waals surface area contributed by atoms with Gasteiger partial charge in [-0.25, -0.2) is 21.6 Å². The third-order valence-corrected chi connectivity index (χ3v) is 9.42. The molecule has 0 radical (unpaired) electrons. The number of benzene rings is 2. The molecule has 0 fully saturated rings. The number of hydrogen-bond acceptors (Lipinski definition) is 7. The molecule has 2 aromatic carbocycles. The standard InChI is InChI=1S/C20H21NO6S3/c1-26-16-10-11-17(27-2)18(13-16)30(24,25)21-14-19(15-7-4-3-5-8-15)29(22,23)20-9-6-12-28-20/h3-13,19,21H,14H2,1-2H3. The molecule has 1 aromatic heterocycles. The summed E-state index contributed by atoms with van der Waals surface area (Å²) in [6.07, 6.45) is 0. The fourth-order valence-electron chi connectivity index (χ4n) is 2.90. The van der Waals surface area contributed by atoms with Crippen molar-refractivity contribution >= 4 is 31.2 Å². The van der Waals surface area contributed by atoms with Crippen LogP contribution in [0.25, 0.3) is 0 Å². The lowest BCUT2D eigenvalue weighted by molar-refractivity contribution is 0.392. The third kappa shape index (κ3) is 4.67. The molecule has 7 nitrogen and oxygen atoms in total. The molecule has 0 bridgehead atoms. The second kappa shape index (κ2) is 9.17. The van der Waals surface area contributed by atoms with Crippen LogP contribution >= 0.6 is 11.3 Å². The lowest BCUT2D eigenvalue weighted by atomic mass is 10.1. The third-order valence-electron chi connectivity index (χ3n) is 4.44. The van der Waals surface area contributed by atoms with E-state index in [1.165, 1.54) is 32.4 Å². The topological polar surface area (TPSA) is 98.8 Å². The summed E-state index contributed by atoms with van der Waals surface area (Å²) < 4.78 is 65.3. The molecule has 0 saturated heterocycles. The number of thiophene rings is 1. The zero-order valence-corrected chi connectivity index (χ0v) is 18.8. The van der Waals surface area contributed by atoms with E-state index in [1.807, 2.05) is 0 Å². The van der Waals surface area contributed by atoms with Crippen molar-refractivity contribution in [2.24, 2.45) is 0 Å². The van der Waals surface area contributed by atoms with Gasteiger partial charge in [-0.3, -0.25) is 0 Å². The van der Waals surface area contributed by atoms with E-state index in [1.54, 1.807) is 47.8 Å². The number of sulfonamides is 1. The smallest absolute Gasteiger partial charge is 0.244 e. The van der Waals surface area contributed by atoms with Crippen LogP contribution in [0.3, 0.4) is 0 Å².